The Hall–Kier alpha value is -1.79. The van der Waals surface area contributed by atoms with E-state index in [9.17, 15) is 0 Å². The third kappa shape index (κ3) is 4.42. The fourth-order valence-corrected chi connectivity index (χ4v) is 1.81. The molecule has 0 aromatic heterocycles. The summed E-state index contributed by atoms with van der Waals surface area (Å²) in [5, 5.41) is 12.5. The van der Waals surface area contributed by atoms with E-state index >= 15 is 0 Å². The largest absolute Gasteiger partial charge is 0.495 e. The maximum atomic E-state index is 9.07. The lowest BCUT2D eigenvalue weighted by molar-refractivity contribution is 0.413. The van der Waals surface area contributed by atoms with Gasteiger partial charge in [-0.1, -0.05) is 24.6 Å². The van der Waals surface area contributed by atoms with Gasteiger partial charge < -0.3 is 10.1 Å². The number of nitrogens with zero attached hydrogens (tertiary/aromatic N) is 1. The maximum Gasteiger partial charge on any atom is 0.136 e. The van der Waals surface area contributed by atoms with E-state index in [0.29, 0.717) is 17.4 Å². The van der Waals surface area contributed by atoms with E-state index in [4.69, 9.17) is 10.00 Å². The molecule has 3 nitrogen and oxygen atoms in total. The molecule has 0 spiro atoms. The van der Waals surface area contributed by atoms with Crippen LogP contribution < -0.4 is 10.1 Å². The maximum absolute atomic E-state index is 9.07. The van der Waals surface area contributed by atoms with Crippen molar-refractivity contribution >= 4 is 6.08 Å². The van der Waals surface area contributed by atoms with Gasteiger partial charge in [-0.25, -0.2) is 0 Å². The number of methoxy groups -OCH3 is 1. The fourth-order valence-electron chi connectivity index (χ4n) is 1.81. The zero-order valence-electron chi connectivity index (χ0n) is 12.2. The minimum Gasteiger partial charge on any atom is -0.495 e. The van der Waals surface area contributed by atoms with Gasteiger partial charge in [0.1, 0.15) is 11.8 Å². The van der Waals surface area contributed by atoms with Gasteiger partial charge in [0.15, 0.2) is 0 Å². The van der Waals surface area contributed by atoms with E-state index in [1.54, 1.807) is 7.11 Å². The van der Waals surface area contributed by atoms with Crippen LogP contribution in [0.2, 0.25) is 0 Å². The minimum absolute atomic E-state index is 0.340. The molecule has 1 rings (SSSR count). The molecule has 1 aromatic rings. The Morgan fingerprint density at radius 1 is 1.53 bits per heavy atom. The van der Waals surface area contributed by atoms with Crippen molar-refractivity contribution in [1.29, 1.82) is 5.26 Å². The molecular formula is C16H22N2O. The van der Waals surface area contributed by atoms with Crippen molar-refractivity contribution in [3.8, 4) is 11.8 Å². The summed E-state index contributed by atoms with van der Waals surface area (Å²) in [7, 11) is 1.58. The molecule has 0 saturated carbocycles. The lowest BCUT2D eigenvalue weighted by Gasteiger charge is -2.14. The van der Waals surface area contributed by atoms with E-state index in [1.807, 2.05) is 18.2 Å². The molecule has 0 aliphatic rings. The monoisotopic (exact) mass is 258 g/mol. The normalized spacial score (nSPS) is 12.9. The highest BCUT2D eigenvalue weighted by atomic mass is 16.5. The standard InChI is InChI=1S/C16H22N2O/c1-5-8-18-13(3)12(2)9-14-6-7-16(19-4)15(10-14)11-17/h6-7,9-10,13,18H,5,8H2,1-4H3/b12-9+. The second kappa shape index (κ2) is 7.60. The molecule has 0 amide bonds. The van der Waals surface area contributed by atoms with Crippen molar-refractivity contribution in [3.05, 3.63) is 34.9 Å². The van der Waals surface area contributed by atoms with E-state index in [1.165, 1.54) is 5.57 Å². The van der Waals surface area contributed by atoms with Crippen LogP contribution in [0.25, 0.3) is 6.08 Å². The summed E-state index contributed by atoms with van der Waals surface area (Å²) < 4.78 is 5.14. The van der Waals surface area contributed by atoms with Gasteiger partial charge in [0.2, 0.25) is 0 Å². The predicted octanol–water partition coefficient (Wildman–Crippen LogP) is 3.36. The molecule has 0 aliphatic carbocycles. The van der Waals surface area contributed by atoms with Crippen LogP contribution in [0.3, 0.4) is 0 Å². The van der Waals surface area contributed by atoms with Crippen LogP contribution in [0, 0.1) is 11.3 Å². The highest BCUT2D eigenvalue weighted by Crippen LogP contribution is 2.20. The van der Waals surface area contributed by atoms with Crippen molar-refractivity contribution in [1.82, 2.24) is 5.32 Å². The predicted molar refractivity (Wildman–Crippen MR) is 79.1 cm³/mol. The van der Waals surface area contributed by atoms with Gasteiger partial charge in [-0.2, -0.15) is 5.26 Å². The molecular weight excluding hydrogens is 236 g/mol. The highest BCUT2D eigenvalue weighted by Gasteiger charge is 2.05. The summed E-state index contributed by atoms with van der Waals surface area (Å²) >= 11 is 0. The summed E-state index contributed by atoms with van der Waals surface area (Å²) in [5.74, 6) is 0.620. The number of rotatable bonds is 6. The number of hydrogen-bond acceptors (Lipinski definition) is 3. The molecule has 0 saturated heterocycles. The Balaban J connectivity index is 2.89. The summed E-state index contributed by atoms with van der Waals surface area (Å²) in [4.78, 5) is 0. The lowest BCUT2D eigenvalue weighted by Crippen LogP contribution is -2.27. The summed E-state index contributed by atoms with van der Waals surface area (Å²) in [6.45, 7) is 7.42. The minimum atomic E-state index is 0.340. The number of ether oxygens (including phenoxy) is 1. The van der Waals surface area contributed by atoms with Gasteiger partial charge >= 0.3 is 0 Å². The first-order chi connectivity index (χ1) is 9.12. The molecule has 0 heterocycles. The Kier molecular flexibility index (Phi) is 6.11. The Morgan fingerprint density at radius 2 is 2.26 bits per heavy atom. The smallest absolute Gasteiger partial charge is 0.136 e. The van der Waals surface area contributed by atoms with Crippen molar-refractivity contribution in [2.24, 2.45) is 0 Å². The van der Waals surface area contributed by atoms with E-state index in [2.05, 4.69) is 38.2 Å². The molecule has 1 unspecified atom stereocenters. The Bertz CT molecular complexity index is 486. The fraction of sp³-hybridized carbons (Fsp3) is 0.438. The molecule has 0 bridgehead atoms. The van der Waals surface area contributed by atoms with Crippen LogP contribution in [0.1, 0.15) is 38.3 Å². The van der Waals surface area contributed by atoms with Crippen molar-refractivity contribution in [2.75, 3.05) is 13.7 Å². The molecule has 1 N–H and O–H groups in total. The molecule has 1 aromatic carbocycles. The second-order valence-corrected chi connectivity index (χ2v) is 4.64. The first kappa shape index (κ1) is 15.3. The zero-order chi connectivity index (χ0) is 14.3. The molecule has 102 valence electrons. The quantitative estimate of drug-likeness (QED) is 0.851. The van der Waals surface area contributed by atoms with Gasteiger partial charge in [-0.15, -0.1) is 0 Å². The third-order valence-corrected chi connectivity index (χ3v) is 3.12. The van der Waals surface area contributed by atoms with Crippen molar-refractivity contribution in [3.63, 3.8) is 0 Å². The lowest BCUT2D eigenvalue weighted by atomic mass is 10.0. The zero-order valence-corrected chi connectivity index (χ0v) is 12.2. The third-order valence-electron chi connectivity index (χ3n) is 3.12. The summed E-state index contributed by atoms with van der Waals surface area (Å²) in [6, 6.07) is 8.15. The van der Waals surface area contributed by atoms with E-state index in [-0.39, 0.29) is 0 Å². The van der Waals surface area contributed by atoms with E-state index < -0.39 is 0 Å². The van der Waals surface area contributed by atoms with Gasteiger partial charge in [-0.05, 0) is 44.5 Å². The number of benzene rings is 1. The van der Waals surface area contributed by atoms with Gasteiger partial charge in [0.05, 0.1) is 12.7 Å². The van der Waals surface area contributed by atoms with Crippen molar-refractivity contribution < 1.29 is 4.74 Å². The molecule has 0 aliphatic heterocycles. The molecule has 0 fully saturated rings. The Morgan fingerprint density at radius 3 is 2.84 bits per heavy atom. The van der Waals surface area contributed by atoms with Crippen LogP contribution in [0.5, 0.6) is 5.75 Å². The highest BCUT2D eigenvalue weighted by molar-refractivity contribution is 5.58. The van der Waals surface area contributed by atoms with Gasteiger partial charge in [0, 0.05) is 6.04 Å². The van der Waals surface area contributed by atoms with Crippen LogP contribution in [-0.4, -0.2) is 19.7 Å². The average Bonchev–Trinajstić information content (AvgIpc) is 2.44. The SMILES string of the molecule is CCCNC(C)/C(C)=C/c1ccc(OC)c(C#N)c1. The first-order valence-corrected chi connectivity index (χ1v) is 6.62. The molecule has 3 heteroatoms. The van der Waals surface area contributed by atoms with E-state index in [0.717, 1.165) is 18.5 Å². The summed E-state index contributed by atoms with van der Waals surface area (Å²) in [6.07, 6.45) is 3.23. The van der Waals surface area contributed by atoms with Crippen LogP contribution in [0.15, 0.2) is 23.8 Å². The molecule has 19 heavy (non-hydrogen) atoms. The Labute approximate surface area is 115 Å². The van der Waals surface area contributed by atoms with Crippen LogP contribution in [0.4, 0.5) is 0 Å². The molecule has 0 radical (unpaired) electrons. The van der Waals surface area contributed by atoms with Gasteiger partial charge in [-0.3, -0.25) is 0 Å². The number of nitriles is 1. The number of hydrogen-bond donors (Lipinski definition) is 1. The van der Waals surface area contributed by atoms with Gasteiger partial charge in [0.25, 0.3) is 0 Å². The van der Waals surface area contributed by atoms with Crippen LogP contribution in [-0.2, 0) is 0 Å². The van der Waals surface area contributed by atoms with Crippen molar-refractivity contribution in [2.45, 2.75) is 33.2 Å². The molecule has 1 atom stereocenters. The average molecular weight is 258 g/mol. The van der Waals surface area contributed by atoms with Crippen LogP contribution >= 0.6 is 0 Å². The first-order valence-electron chi connectivity index (χ1n) is 6.62. The second-order valence-electron chi connectivity index (χ2n) is 4.64. The number of nitrogens with one attached hydrogen (secondary N) is 1. The summed E-state index contributed by atoms with van der Waals surface area (Å²) in [5.41, 5.74) is 2.85. The topological polar surface area (TPSA) is 45.0 Å².